The average Bonchev–Trinajstić information content (AvgIpc) is 3.05. The number of piperidine rings is 1. The summed E-state index contributed by atoms with van der Waals surface area (Å²) in [6.45, 7) is 2.35. The molecule has 2 N–H and O–H groups in total. The molecule has 1 aromatic rings. The minimum Gasteiger partial charge on any atom is -0.369 e. The summed E-state index contributed by atoms with van der Waals surface area (Å²) in [6.07, 6.45) is 1.40. The first-order valence-corrected chi connectivity index (χ1v) is 9.28. The van der Waals surface area contributed by atoms with Crippen LogP contribution in [-0.2, 0) is 9.59 Å². The SMILES string of the molecule is NC(=O)C1CCN(CC(=O)N2CCS[C@H]2c2ccccc2F)CC1. The predicted molar refractivity (Wildman–Crippen MR) is 91.7 cm³/mol. The second kappa shape index (κ2) is 7.53. The number of benzene rings is 1. The fraction of sp³-hybridized carbons (Fsp3) is 0.529. The van der Waals surface area contributed by atoms with Gasteiger partial charge in [-0.3, -0.25) is 14.5 Å². The zero-order chi connectivity index (χ0) is 17.1. The summed E-state index contributed by atoms with van der Waals surface area (Å²) in [4.78, 5) is 27.7. The van der Waals surface area contributed by atoms with Gasteiger partial charge in [-0.1, -0.05) is 18.2 Å². The van der Waals surface area contributed by atoms with Gasteiger partial charge in [-0.25, -0.2) is 4.39 Å². The highest BCUT2D eigenvalue weighted by molar-refractivity contribution is 7.99. The van der Waals surface area contributed by atoms with Crippen molar-refractivity contribution in [1.82, 2.24) is 9.80 Å². The fourth-order valence-corrected chi connectivity index (χ4v) is 4.62. The smallest absolute Gasteiger partial charge is 0.237 e. The van der Waals surface area contributed by atoms with Crippen LogP contribution >= 0.6 is 11.8 Å². The van der Waals surface area contributed by atoms with E-state index in [4.69, 9.17) is 5.73 Å². The Labute approximate surface area is 145 Å². The van der Waals surface area contributed by atoms with Crippen LogP contribution in [0.25, 0.3) is 0 Å². The molecule has 0 radical (unpaired) electrons. The van der Waals surface area contributed by atoms with Crippen LogP contribution in [0.15, 0.2) is 24.3 Å². The molecule has 0 aromatic heterocycles. The van der Waals surface area contributed by atoms with Gasteiger partial charge in [0.25, 0.3) is 0 Å². The highest BCUT2D eigenvalue weighted by Crippen LogP contribution is 2.39. The van der Waals surface area contributed by atoms with Gasteiger partial charge in [0.05, 0.1) is 6.54 Å². The third kappa shape index (κ3) is 3.72. The normalized spacial score (nSPS) is 22.7. The molecule has 7 heteroatoms. The summed E-state index contributed by atoms with van der Waals surface area (Å²) < 4.78 is 14.1. The van der Waals surface area contributed by atoms with Crippen molar-refractivity contribution in [1.29, 1.82) is 0 Å². The number of hydrogen-bond acceptors (Lipinski definition) is 4. The third-order valence-electron chi connectivity index (χ3n) is 4.73. The van der Waals surface area contributed by atoms with Crippen molar-refractivity contribution in [2.45, 2.75) is 18.2 Å². The van der Waals surface area contributed by atoms with Gasteiger partial charge in [0.2, 0.25) is 11.8 Å². The first-order chi connectivity index (χ1) is 11.6. The number of thioether (sulfide) groups is 1. The molecule has 1 aromatic carbocycles. The molecule has 2 aliphatic rings. The highest BCUT2D eigenvalue weighted by atomic mass is 32.2. The molecular formula is C17H22FN3O2S. The fourth-order valence-electron chi connectivity index (χ4n) is 3.32. The Kier molecular flexibility index (Phi) is 5.40. The molecule has 1 atom stereocenters. The Bertz CT molecular complexity index is 620. The standard InChI is InChI=1S/C17H22FN3O2S/c18-14-4-2-1-3-13(14)17-21(9-10-24-17)15(22)11-20-7-5-12(6-8-20)16(19)23/h1-4,12,17H,5-11H2,(H2,19,23)/t17-/m0/s1. The second-order valence-electron chi connectivity index (χ2n) is 6.28. The number of hydrogen-bond donors (Lipinski definition) is 1. The molecule has 0 spiro atoms. The number of nitrogens with two attached hydrogens (primary N) is 1. The lowest BCUT2D eigenvalue weighted by molar-refractivity contribution is -0.133. The van der Waals surface area contributed by atoms with Gasteiger partial charge < -0.3 is 10.6 Å². The number of halogens is 1. The summed E-state index contributed by atoms with van der Waals surface area (Å²) >= 11 is 1.60. The van der Waals surface area contributed by atoms with E-state index in [0.29, 0.717) is 44.6 Å². The third-order valence-corrected chi connectivity index (χ3v) is 5.97. The van der Waals surface area contributed by atoms with Crippen LogP contribution in [0.1, 0.15) is 23.8 Å². The Morgan fingerprint density at radius 3 is 2.58 bits per heavy atom. The molecule has 2 fully saturated rings. The topological polar surface area (TPSA) is 66.6 Å². The van der Waals surface area contributed by atoms with Crippen LogP contribution in [0.3, 0.4) is 0 Å². The van der Waals surface area contributed by atoms with Crippen molar-refractivity contribution in [3.05, 3.63) is 35.6 Å². The number of primary amides is 1. The van der Waals surface area contributed by atoms with E-state index in [-0.39, 0.29) is 28.9 Å². The number of amides is 2. The molecule has 2 amide bonds. The van der Waals surface area contributed by atoms with Crippen LogP contribution in [-0.4, -0.2) is 53.5 Å². The summed E-state index contributed by atoms with van der Waals surface area (Å²) in [5.74, 6) is 0.234. The molecule has 130 valence electrons. The first-order valence-electron chi connectivity index (χ1n) is 8.23. The van der Waals surface area contributed by atoms with Gasteiger partial charge in [0, 0.05) is 23.8 Å². The maximum Gasteiger partial charge on any atom is 0.237 e. The largest absolute Gasteiger partial charge is 0.369 e. The number of nitrogens with zero attached hydrogens (tertiary/aromatic N) is 2. The number of rotatable bonds is 4. The molecule has 0 aliphatic carbocycles. The van der Waals surface area contributed by atoms with E-state index in [0.717, 1.165) is 5.75 Å². The number of likely N-dealkylation sites (tertiary alicyclic amines) is 1. The molecule has 5 nitrogen and oxygen atoms in total. The van der Waals surface area contributed by atoms with Gasteiger partial charge in [-0.15, -0.1) is 11.8 Å². The van der Waals surface area contributed by atoms with Gasteiger partial charge in [-0.2, -0.15) is 0 Å². The Morgan fingerprint density at radius 2 is 1.92 bits per heavy atom. The van der Waals surface area contributed by atoms with E-state index in [9.17, 15) is 14.0 Å². The second-order valence-corrected chi connectivity index (χ2v) is 7.47. The van der Waals surface area contributed by atoms with E-state index < -0.39 is 0 Å². The van der Waals surface area contributed by atoms with Gasteiger partial charge >= 0.3 is 0 Å². The van der Waals surface area contributed by atoms with Crippen LogP contribution in [0.5, 0.6) is 0 Å². The van der Waals surface area contributed by atoms with E-state index in [1.165, 1.54) is 6.07 Å². The van der Waals surface area contributed by atoms with Crippen molar-refractivity contribution in [2.24, 2.45) is 11.7 Å². The average molecular weight is 351 g/mol. The zero-order valence-electron chi connectivity index (χ0n) is 13.5. The molecule has 0 unspecified atom stereocenters. The van der Waals surface area contributed by atoms with Crippen molar-refractivity contribution in [2.75, 3.05) is 31.9 Å². The molecule has 0 bridgehead atoms. The molecule has 0 saturated carbocycles. The van der Waals surface area contributed by atoms with Gasteiger partial charge in [-0.05, 0) is 32.0 Å². The lowest BCUT2D eigenvalue weighted by atomic mass is 9.96. The maximum absolute atomic E-state index is 14.1. The van der Waals surface area contributed by atoms with E-state index >= 15 is 0 Å². The maximum atomic E-state index is 14.1. The lowest BCUT2D eigenvalue weighted by Gasteiger charge is -2.32. The first kappa shape index (κ1) is 17.2. The Morgan fingerprint density at radius 1 is 1.21 bits per heavy atom. The van der Waals surface area contributed by atoms with Gasteiger partial charge in [0.1, 0.15) is 11.2 Å². The highest BCUT2D eigenvalue weighted by Gasteiger charge is 2.33. The Balaban J connectivity index is 1.61. The van der Waals surface area contributed by atoms with Crippen LogP contribution in [0.4, 0.5) is 4.39 Å². The minimum atomic E-state index is -0.267. The molecule has 2 heterocycles. The molecule has 2 aliphatic heterocycles. The summed E-state index contributed by atoms with van der Waals surface area (Å²) in [6, 6.07) is 6.64. The lowest BCUT2D eigenvalue weighted by Crippen LogP contribution is -2.44. The van der Waals surface area contributed by atoms with Crippen molar-refractivity contribution in [3.63, 3.8) is 0 Å². The molecule has 3 rings (SSSR count). The molecule has 2 saturated heterocycles. The van der Waals surface area contributed by atoms with Crippen LogP contribution in [0, 0.1) is 11.7 Å². The van der Waals surface area contributed by atoms with E-state index in [1.807, 2.05) is 0 Å². The van der Waals surface area contributed by atoms with Crippen molar-refractivity contribution >= 4 is 23.6 Å². The summed E-state index contributed by atoms with van der Waals surface area (Å²) in [7, 11) is 0. The van der Waals surface area contributed by atoms with Gasteiger partial charge in [0.15, 0.2) is 0 Å². The molecule has 24 heavy (non-hydrogen) atoms. The Hall–Kier alpha value is -1.60. The van der Waals surface area contributed by atoms with Crippen LogP contribution in [0.2, 0.25) is 0 Å². The van der Waals surface area contributed by atoms with E-state index in [2.05, 4.69) is 4.90 Å². The molecular weight excluding hydrogens is 329 g/mol. The number of carbonyl (C=O) groups excluding carboxylic acids is 2. The summed E-state index contributed by atoms with van der Waals surface area (Å²) in [5.41, 5.74) is 5.91. The number of carbonyl (C=O) groups is 2. The summed E-state index contributed by atoms with van der Waals surface area (Å²) in [5, 5.41) is -0.248. The monoisotopic (exact) mass is 351 g/mol. The van der Waals surface area contributed by atoms with Crippen molar-refractivity contribution < 1.29 is 14.0 Å². The quantitative estimate of drug-likeness (QED) is 0.895. The minimum absolute atomic E-state index is 0.0192. The van der Waals surface area contributed by atoms with Crippen LogP contribution < -0.4 is 5.73 Å². The zero-order valence-corrected chi connectivity index (χ0v) is 14.3. The van der Waals surface area contributed by atoms with E-state index in [1.54, 1.807) is 34.9 Å². The predicted octanol–water partition coefficient (Wildman–Crippen LogP) is 1.60. The van der Waals surface area contributed by atoms with Crippen molar-refractivity contribution in [3.8, 4) is 0 Å².